The van der Waals surface area contributed by atoms with Crippen LogP contribution < -0.4 is 10.2 Å². The van der Waals surface area contributed by atoms with Crippen LogP contribution in [0.1, 0.15) is 33.6 Å². The number of ether oxygens (including phenoxy) is 1. The average molecular weight is 349 g/mol. The Hall–Kier alpha value is -1.79. The van der Waals surface area contributed by atoms with E-state index >= 15 is 0 Å². The van der Waals surface area contributed by atoms with Crippen molar-refractivity contribution >= 4 is 17.4 Å². The van der Waals surface area contributed by atoms with Gasteiger partial charge in [-0.3, -0.25) is 0 Å². The van der Waals surface area contributed by atoms with Crippen LogP contribution in [0.15, 0.2) is 24.3 Å². The van der Waals surface area contributed by atoms with Crippen LogP contribution in [0.4, 0.5) is 16.2 Å². The van der Waals surface area contributed by atoms with E-state index in [9.17, 15) is 9.90 Å². The summed E-state index contributed by atoms with van der Waals surface area (Å²) in [6, 6.07) is 7.70. The number of carbonyl (C=O) groups excluding carboxylic acids is 1. The summed E-state index contributed by atoms with van der Waals surface area (Å²) >= 11 is 0. The molecule has 0 radical (unpaired) electrons. The van der Waals surface area contributed by atoms with Gasteiger partial charge in [-0.15, -0.1) is 0 Å². The normalized spacial score (nSPS) is 20.4. The molecular formula is C19H31N3O3. The van der Waals surface area contributed by atoms with Gasteiger partial charge in [-0.1, -0.05) is 25.5 Å². The maximum Gasteiger partial charge on any atom is 0.321 e. The average Bonchev–Trinajstić information content (AvgIpc) is 2.58. The molecule has 1 saturated heterocycles. The van der Waals surface area contributed by atoms with Crippen LogP contribution in [0.25, 0.3) is 0 Å². The predicted octanol–water partition coefficient (Wildman–Crippen LogP) is 2.93. The highest BCUT2D eigenvalue weighted by Crippen LogP contribution is 2.28. The molecule has 1 fully saturated rings. The molecule has 1 heterocycles. The lowest BCUT2D eigenvalue weighted by Gasteiger charge is -2.37. The number of aliphatic hydroxyl groups excluding tert-OH is 1. The summed E-state index contributed by atoms with van der Waals surface area (Å²) in [5.41, 5.74) is 1.81. The van der Waals surface area contributed by atoms with E-state index in [1.165, 1.54) is 0 Å². The SMILES string of the molecule is CCCCN(CCO)C(=O)Nc1ccccc1N1CC(C)OC(C)C1. The molecule has 6 heteroatoms. The van der Waals surface area contributed by atoms with Crippen LogP contribution in [-0.4, -0.2) is 61.0 Å². The molecule has 2 rings (SSSR count). The molecular weight excluding hydrogens is 318 g/mol. The Kier molecular flexibility index (Phi) is 7.52. The zero-order valence-corrected chi connectivity index (χ0v) is 15.6. The Morgan fingerprint density at radius 3 is 2.60 bits per heavy atom. The Bertz CT molecular complexity index is 542. The first-order chi connectivity index (χ1) is 12.0. The van der Waals surface area contributed by atoms with E-state index in [-0.39, 0.29) is 24.8 Å². The van der Waals surface area contributed by atoms with Gasteiger partial charge in [0.15, 0.2) is 0 Å². The van der Waals surface area contributed by atoms with Crippen LogP contribution in [0.2, 0.25) is 0 Å². The van der Waals surface area contributed by atoms with Crippen molar-refractivity contribution in [1.82, 2.24) is 4.90 Å². The fourth-order valence-corrected chi connectivity index (χ4v) is 3.21. The first kappa shape index (κ1) is 19.5. The molecule has 0 aromatic heterocycles. The van der Waals surface area contributed by atoms with Crippen LogP contribution in [-0.2, 0) is 4.74 Å². The molecule has 6 nitrogen and oxygen atoms in total. The Labute approximate surface area is 150 Å². The number of hydrogen-bond acceptors (Lipinski definition) is 4. The molecule has 0 aliphatic carbocycles. The number of nitrogens with zero attached hydrogens (tertiary/aromatic N) is 2. The molecule has 2 unspecified atom stereocenters. The standard InChI is InChI=1S/C19H31N3O3/c1-4-5-10-21(11-12-23)19(24)20-17-8-6-7-9-18(17)22-13-15(2)25-16(3)14-22/h6-9,15-16,23H,4-5,10-14H2,1-3H3,(H,20,24). The first-order valence-corrected chi connectivity index (χ1v) is 9.21. The molecule has 140 valence electrons. The van der Waals surface area contributed by atoms with Crippen molar-refractivity contribution in [3.8, 4) is 0 Å². The van der Waals surface area contributed by atoms with Gasteiger partial charge < -0.3 is 25.0 Å². The van der Waals surface area contributed by atoms with Crippen molar-refractivity contribution < 1.29 is 14.6 Å². The Balaban J connectivity index is 2.12. The first-order valence-electron chi connectivity index (χ1n) is 9.21. The topological polar surface area (TPSA) is 65.0 Å². The van der Waals surface area contributed by atoms with E-state index < -0.39 is 0 Å². The summed E-state index contributed by atoms with van der Waals surface area (Å²) in [6.45, 7) is 8.79. The highest BCUT2D eigenvalue weighted by atomic mass is 16.5. The van der Waals surface area contributed by atoms with Gasteiger partial charge in [-0.2, -0.15) is 0 Å². The van der Waals surface area contributed by atoms with Gasteiger partial charge in [-0.05, 0) is 32.4 Å². The number of para-hydroxylation sites is 2. The maximum atomic E-state index is 12.6. The second-order valence-electron chi connectivity index (χ2n) is 6.67. The Morgan fingerprint density at radius 1 is 1.28 bits per heavy atom. The summed E-state index contributed by atoms with van der Waals surface area (Å²) in [5.74, 6) is 0. The van der Waals surface area contributed by atoms with Crippen LogP contribution in [0.5, 0.6) is 0 Å². The summed E-state index contributed by atoms with van der Waals surface area (Å²) in [6.07, 6.45) is 2.24. The van der Waals surface area contributed by atoms with E-state index in [1.54, 1.807) is 4.90 Å². The van der Waals surface area contributed by atoms with Crippen LogP contribution >= 0.6 is 0 Å². The molecule has 0 spiro atoms. The van der Waals surface area contributed by atoms with E-state index in [4.69, 9.17) is 4.74 Å². The minimum atomic E-state index is -0.163. The number of morpholine rings is 1. The van der Waals surface area contributed by atoms with Crippen molar-refractivity contribution in [2.45, 2.75) is 45.8 Å². The number of aliphatic hydroxyl groups is 1. The highest BCUT2D eigenvalue weighted by molar-refractivity contribution is 5.93. The Morgan fingerprint density at radius 2 is 1.96 bits per heavy atom. The molecule has 1 aliphatic heterocycles. The number of anilines is 2. The van der Waals surface area contributed by atoms with Gasteiger partial charge in [0.1, 0.15) is 0 Å². The number of carbonyl (C=O) groups is 1. The van der Waals surface area contributed by atoms with E-state index in [0.717, 1.165) is 37.3 Å². The number of urea groups is 1. The van der Waals surface area contributed by atoms with Gasteiger partial charge in [-0.25, -0.2) is 4.79 Å². The number of benzene rings is 1. The molecule has 2 N–H and O–H groups in total. The second-order valence-corrected chi connectivity index (χ2v) is 6.67. The number of nitrogens with one attached hydrogen (secondary N) is 1. The van der Waals surface area contributed by atoms with Gasteiger partial charge >= 0.3 is 6.03 Å². The third kappa shape index (κ3) is 5.61. The summed E-state index contributed by atoms with van der Waals surface area (Å²) in [5, 5.41) is 12.2. The fourth-order valence-electron chi connectivity index (χ4n) is 3.21. The molecule has 2 amide bonds. The third-order valence-electron chi connectivity index (χ3n) is 4.34. The van der Waals surface area contributed by atoms with Crippen molar-refractivity contribution in [1.29, 1.82) is 0 Å². The zero-order valence-electron chi connectivity index (χ0n) is 15.6. The van der Waals surface area contributed by atoms with Gasteiger partial charge in [0.25, 0.3) is 0 Å². The van der Waals surface area contributed by atoms with Crippen molar-refractivity contribution in [3.05, 3.63) is 24.3 Å². The number of rotatable bonds is 7. The molecule has 0 saturated carbocycles. The molecule has 1 aromatic carbocycles. The summed E-state index contributed by atoms with van der Waals surface area (Å²) < 4.78 is 5.81. The maximum absolute atomic E-state index is 12.6. The van der Waals surface area contributed by atoms with Gasteiger partial charge in [0.05, 0.1) is 30.2 Å². The van der Waals surface area contributed by atoms with E-state index in [1.807, 2.05) is 24.3 Å². The second kappa shape index (κ2) is 9.63. The van der Waals surface area contributed by atoms with Gasteiger partial charge in [0.2, 0.25) is 0 Å². The lowest BCUT2D eigenvalue weighted by molar-refractivity contribution is -0.00517. The minimum Gasteiger partial charge on any atom is -0.395 e. The fraction of sp³-hybridized carbons (Fsp3) is 0.632. The highest BCUT2D eigenvalue weighted by Gasteiger charge is 2.24. The van der Waals surface area contributed by atoms with E-state index in [2.05, 4.69) is 31.0 Å². The lowest BCUT2D eigenvalue weighted by Crippen LogP contribution is -2.46. The lowest BCUT2D eigenvalue weighted by atomic mass is 10.1. The van der Waals surface area contributed by atoms with Crippen LogP contribution in [0.3, 0.4) is 0 Å². The zero-order chi connectivity index (χ0) is 18.2. The van der Waals surface area contributed by atoms with E-state index in [0.29, 0.717) is 13.1 Å². The molecule has 25 heavy (non-hydrogen) atoms. The molecule has 1 aliphatic rings. The third-order valence-corrected chi connectivity index (χ3v) is 4.34. The number of hydrogen-bond donors (Lipinski definition) is 2. The van der Waals surface area contributed by atoms with Crippen molar-refractivity contribution in [2.24, 2.45) is 0 Å². The minimum absolute atomic E-state index is 0.0305. The number of unbranched alkanes of at least 4 members (excludes halogenated alkanes) is 1. The predicted molar refractivity (Wildman–Crippen MR) is 101 cm³/mol. The van der Waals surface area contributed by atoms with Crippen molar-refractivity contribution in [2.75, 3.05) is 43.0 Å². The number of amides is 2. The van der Waals surface area contributed by atoms with Gasteiger partial charge in [0, 0.05) is 26.2 Å². The summed E-state index contributed by atoms with van der Waals surface area (Å²) in [7, 11) is 0. The summed E-state index contributed by atoms with van der Waals surface area (Å²) in [4.78, 5) is 16.6. The molecule has 1 aromatic rings. The smallest absolute Gasteiger partial charge is 0.321 e. The molecule has 2 atom stereocenters. The molecule has 0 bridgehead atoms. The monoisotopic (exact) mass is 349 g/mol. The largest absolute Gasteiger partial charge is 0.395 e. The quantitative estimate of drug-likeness (QED) is 0.794. The van der Waals surface area contributed by atoms with Crippen molar-refractivity contribution in [3.63, 3.8) is 0 Å². The van der Waals surface area contributed by atoms with Crippen LogP contribution in [0, 0.1) is 0 Å².